The van der Waals surface area contributed by atoms with E-state index in [1.165, 1.54) is 0 Å². The van der Waals surface area contributed by atoms with Crippen molar-refractivity contribution in [2.75, 3.05) is 0 Å². The van der Waals surface area contributed by atoms with E-state index in [2.05, 4.69) is 17.2 Å². The topological polar surface area (TPSA) is 45.0 Å². The molecule has 84 valence electrons. The quantitative estimate of drug-likeness (QED) is 0.678. The van der Waals surface area contributed by atoms with Crippen molar-refractivity contribution in [3.63, 3.8) is 0 Å². The van der Waals surface area contributed by atoms with Crippen molar-refractivity contribution < 1.29 is 5.11 Å². The van der Waals surface area contributed by atoms with Gasteiger partial charge in [0, 0.05) is 0 Å². The summed E-state index contributed by atoms with van der Waals surface area (Å²) >= 11 is 0. The van der Waals surface area contributed by atoms with Gasteiger partial charge in [0.1, 0.15) is 0 Å². The maximum Gasteiger partial charge on any atom is 0.175 e. The molecule has 0 aromatic heterocycles. The first-order chi connectivity index (χ1) is 6.33. The van der Waals surface area contributed by atoms with Gasteiger partial charge in [0.2, 0.25) is 0 Å². The molecule has 3 heteroatoms. The molecular weight excluding hydrogens is 176 g/mol. The van der Waals surface area contributed by atoms with Crippen LogP contribution in [0.3, 0.4) is 0 Å². The lowest BCUT2D eigenvalue weighted by atomic mass is 10.0. The van der Waals surface area contributed by atoms with Crippen LogP contribution in [-0.4, -0.2) is 16.4 Å². The third-order valence-corrected chi connectivity index (χ3v) is 2.03. The molecule has 3 nitrogen and oxygen atoms in total. The molecule has 0 radical (unpaired) electrons. The van der Waals surface area contributed by atoms with Crippen molar-refractivity contribution in [3.8, 4) is 0 Å². The van der Waals surface area contributed by atoms with E-state index in [0.29, 0.717) is 12.8 Å². The molecule has 14 heavy (non-hydrogen) atoms. The molecule has 0 fully saturated rings. The Balaban J connectivity index is 4.31. The highest BCUT2D eigenvalue weighted by molar-refractivity contribution is 4.75. The second-order valence-electron chi connectivity index (χ2n) is 4.81. The summed E-state index contributed by atoms with van der Waals surface area (Å²) in [6.07, 6.45) is 3.41. The van der Waals surface area contributed by atoms with E-state index in [0.717, 1.165) is 12.8 Å². The fourth-order valence-corrected chi connectivity index (χ4v) is 1.00. The molecule has 0 saturated carbocycles. The fraction of sp³-hybridized carbons (Fsp3) is 1.00. The Labute approximate surface area is 87.6 Å². The molecule has 0 saturated heterocycles. The van der Waals surface area contributed by atoms with Crippen LogP contribution in [-0.2, 0) is 0 Å². The van der Waals surface area contributed by atoms with Crippen LogP contribution in [0.2, 0.25) is 0 Å². The van der Waals surface area contributed by atoms with Crippen molar-refractivity contribution in [3.05, 3.63) is 0 Å². The van der Waals surface area contributed by atoms with Gasteiger partial charge in [-0.25, -0.2) is 0 Å². The van der Waals surface area contributed by atoms with Crippen molar-refractivity contribution in [2.24, 2.45) is 10.2 Å². The first-order valence-corrected chi connectivity index (χ1v) is 5.49. The highest BCUT2D eigenvalue weighted by atomic mass is 16.3. The predicted molar refractivity (Wildman–Crippen MR) is 59.4 cm³/mol. The second kappa shape index (κ2) is 5.44. The van der Waals surface area contributed by atoms with Crippen LogP contribution in [0.15, 0.2) is 10.2 Å². The summed E-state index contributed by atoms with van der Waals surface area (Å²) in [5.74, 6) is 0. The van der Waals surface area contributed by atoms with Crippen molar-refractivity contribution in [1.82, 2.24) is 0 Å². The molecule has 1 unspecified atom stereocenters. The standard InChI is InChI=1S/C11H24N2O/c1-6-8-9-11(14,7-2)13-12-10(3,4)5/h14H,6-9H2,1-5H3/b13-12+. The number of nitrogens with zero attached hydrogens (tertiary/aromatic N) is 2. The highest BCUT2D eigenvalue weighted by Crippen LogP contribution is 2.22. The third-order valence-electron chi connectivity index (χ3n) is 2.03. The monoisotopic (exact) mass is 200 g/mol. The molecule has 0 rings (SSSR count). The summed E-state index contributed by atoms with van der Waals surface area (Å²) < 4.78 is 0. The summed E-state index contributed by atoms with van der Waals surface area (Å²) in [5, 5.41) is 18.2. The average molecular weight is 200 g/mol. The van der Waals surface area contributed by atoms with Crippen LogP contribution in [0, 0.1) is 0 Å². The summed E-state index contributed by atoms with van der Waals surface area (Å²) in [4.78, 5) is 0. The van der Waals surface area contributed by atoms with E-state index in [9.17, 15) is 5.11 Å². The minimum Gasteiger partial charge on any atom is -0.368 e. The Morgan fingerprint density at radius 1 is 1.07 bits per heavy atom. The SMILES string of the molecule is CCCCC(O)(CC)/N=N/C(C)(C)C. The van der Waals surface area contributed by atoms with E-state index in [-0.39, 0.29) is 5.54 Å². The van der Waals surface area contributed by atoms with E-state index >= 15 is 0 Å². The summed E-state index contributed by atoms with van der Waals surface area (Å²) in [6.45, 7) is 9.99. The lowest BCUT2D eigenvalue weighted by Gasteiger charge is -2.22. The fourth-order valence-electron chi connectivity index (χ4n) is 1.00. The molecule has 0 aromatic carbocycles. The summed E-state index contributed by atoms with van der Waals surface area (Å²) in [6, 6.07) is 0. The van der Waals surface area contributed by atoms with Gasteiger partial charge in [-0.1, -0.05) is 20.3 Å². The Bertz CT molecular complexity index is 184. The van der Waals surface area contributed by atoms with Gasteiger partial charge >= 0.3 is 0 Å². The molecule has 0 bridgehead atoms. The summed E-state index contributed by atoms with van der Waals surface area (Å²) in [5.41, 5.74) is -1.14. The maximum atomic E-state index is 10.1. The molecule has 0 aliphatic carbocycles. The van der Waals surface area contributed by atoms with Gasteiger partial charge in [0.15, 0.2) is 5.72 Å². The number of azo groups is 1. The van der Waals surface area contributed by atoms with Crippen molar-refractivity contribution in [2.45, 2.75) is 71.6 Å². The maximum absolute atomic E-state index is 10.1. The van der Waals surface area contributed by atoms with E-state index in [1.54, 1.807) is 0 Å². The first-order valence-electron chi connectivity index (χ1n) is 5.49. The normalized spacial score (nSPS) is 17.3. The molecule has 0 heterocycles. The number of unbranched alkanes of at least 4 members (excludes halogenated alkanes) is 1. The zero-order valence-electron chi connectivity index (χ0n) is 10.2. The Kier molecular flexibility index (Phi) is 5.27. The molecule has 0 aromatic rings. The van der Waals surface area contributed by atoms with Gasteiger partial charge in [0.05, 0.1) is 5.54 Å². The van der Waals surface area contributed by atoms with E-state index < -0.39 is 5.72 Å². The number of aliphatic hydroxyl groups is 1. The molecule has 0 aliphatic rings. The van der Waals surface area contributed by atoms with Crippen LogP contribution < -0.4 is 0 Å². The van der Waals surface area contributed by atoms with Gasteiger partial charge in [-0.15, -0.1) is 0 Å². The van der Waals surface area contributed by atoms with E-state index in [4.69, 9.17) is 0 Å². The molecule has 0 amide bonds. The molecule has 0 spiro atoms. The molecule has 1 atom stereocenters. The smallest absolute Gasteiger partial charge is 0.175 e. The third kappa shape index (κ3) is 6.08. The zero-order valence-corrected chi connectivity index (χ0v) is 10.2. The summed E-state index contributed by atoms with van der Waals surface area (Å²) in [7, 11) is 0. The van der Waals surface area contributed by atoms with Gasteiger partial charge < -0.3 is 5.11 Å². The van der Waals surface area contributed by atoms with Crippen molar-refractivity contribution in [1.29, 1.82) is 0 Å². The van der Waals surface area contributed by atoms with Crippen LogP contribution in [0.4, 0.5) is 0 Å². The highest BCUT2D eigenvalue weighted by Gasteiger charge is 2.24. The predicted octanol–water partition coefficient (Wildman–Crippen LogP) is 3.53. The van der Waals surface area contributed by atoms with Gasteiger partial charge in [-0.2, -0.15) is 10.2 Å². The van der Waals surface area contributed by atoms with Gasteiger partial charge in [0.25, 0.3) is 0 Å². The number of rotatable bonds is 5. The largest absolute Gasteiger partial charge is 0.368 e. The molecule has 1 N–H and O–H groups in total. The second-order valence-corrected chi connectivity index (χ2v) is 4.81. The number of hydrogen-bond acceptors (Lipinski definition) is 3. The number of hydrogen-bond donors (Lipinski definition) is 1. The minimum absolute atomic E-state index is 0.199. The lowest BCUT2D eigenvalue weighted by molar-refractivity contribution is 0.0242. The van der Waals surface area contributed by atoms with Gasteiger partial charge in [-0.05, 0) is 40.0 Å². The Morgan fingerprint density at radius 2 is 1.64 bits per heavy atom. The zero-order chi connectivity index (χ0) is 11.2. The Morgan fingerprint density at radius 3 is 2.00 bits per heavy atom. The lowest BCUT2D eigenvalue weighted by Crippen LogP contribution is -2.25. The van der Waals surface area contributed by atoms with Gasteiger partial charge in [-0.3, -0.25) is 0 Å². The minimum atomic E-state index is -0.941. The Hall–Kier alpha value is -0.440. The first kappa shape index (κ1) is 13.6. The van der Waals surface area contributed by atoms with E-state index in [1.807, 2.05) is 27.7 Å². The van der Waals surface area contributed by atoms with Crippen molar-refractivity contribution >= 4 is 0 Å². The average Bonchev–Trinajstić information content (AvgIpc) is 2.10. The van der Waals surface area contributed by atoms with Crippen LogP contribution in [0.25, 0.3) is 0 Å². The van der Waals surface area contributed by atoms with Crippen LogP contribution in [0.1, 0.15) is 60.3 Å². The molecular formula is C11H24N2O. The van der Waals surface area contributed by atoms with Crippen LogP contribution in [0.5, 0.6) is 0 Å². The van der Waals surface area contributed by atoms with Crippen LogP contribution >= 0.6 is 0 Å². The molecule has 0 aliphatic heterocycles.